The lowest BCUT2D eigenvalue weighted by atomic mass is 9.47. The van der Waals surface area contributed by atoms with Crippen LogP contribution < -0.4 is 5.43 Å². The van der Waals surface area contributed by atoms with Crippen molar-refractivity contribution in [3.05, 3.63) is 11.6 Å². The molecule has 0 aromatic rings. The zero-order valence-electron chi connectivity index (χ0n) is 20.6. The summed E-state index contributed by atoms with van der Waals surface area (Å²) in [5.74, 6) is 1.72. The highest BCUT2D eigenvalue weighted by Gasteiger charge is 2.78. The molecule has 8 atom stereocenters. The van der Waals surface area contributed by atoms with Gasteiger partial charge in [-0.15, -0.1) is 0 Å². The van der Waals surface area contributed by atoms with Crippen LogP contribution in [0.25, 0.3) is 0 Å². The van der Waals surface area contributed by atoms with Crippen LogP contribution in [0.4, 0.5) is 4.79 Å². The van der Waals surface area contributed by atoms with Gasteiger partial charge in [-0.05, 0) is 75.5 Å². The smallest absolute Gasteiger partial charge is 0.427 e. The fourth-order valence-electron chi connectivity index (χ4n) is 8.42. The normalized spacial score (nSPS) is 45.5. The maximum absolute atomic E-state index is 11.8. The van der Waals surface area contributed by atoms with Gasteiger partial charge in [0.15, 0.2) is 0 Å². The second-order valence-corrected chi connectivity index (χ2v) is 11.3. The number of nitrogens with one attached hydrogen (secondary N) is 1. The van der Waals surface area contributed by atoms with Gasteiger partial charge in [-0.1, -0.05) is 25.5 Å². The zero-order valence-corrected chi connectivity index (χ0v) is 20.6. The van der Waals surface area contributed by atoms with E-state index in [1.54, 1.807) is 6.92 Å². The third-order valence-electron chi connectivity index (χ3n) is 9.95. The van der Waals surface area contributed by atoms with E-state index in [-0.39, 0.29) is 34.6 Å². The van der Waals surface area contributed by atoms with Crippen molar-refractivity contribution < 1.29 is 23.8 Å². The molecule has 1 amide bonds. The zero-order chi connectivity index (χ0) is 23.6. The predicted octanol–water partition coefficient (Wildman–Crippen LogP) is 4.75. The highest BCUT2D eigenvalue weighted by molar-refractivity contribution is 5.95. The molecule has 1 aliphatic heterocycles. The molecule has 5 aliphatic rings. The largest absolute Gasteiger partial charge is 0.462 e. The summed E-state index contributed by atoms with van der Waals surface area (Å²) < 4.78 is 16.9. The second kappa shape index (κ2) is 7.82. The number of hydrogen-bond donors (Lipinski definition) is 1. The van der Waals surface area contributed by atoms with Crippen LogP contribution in [-0.4, -0.2) is 42.2 Å². The van der Waals surface area contributed by atoms with E-state index in [1.807, 2.05) is 6.92 Å². The lowest BCUT2D eigenvalue weighted by Gasteiger charge is -2.58. The fraction of sp³-hybridized carbons (Fsp3) is 0.808. The molecule has 0 aromatic heterocycles. The Bertz CT molecular complexity index is 914. The molecule has 4 unspecified atom stereocenters. The Kier molecular flexibility index (Phi) is 5.42. The first-order valence-corrected chi connectivity index (χ1v) is 12.7. The Morgan fingerprint density at radius 1 is 1.21 bits per heavy atom. The van der Waals surface area contributed by atoms with Crippen molar-refractivity contribution in [3.63, 3.8) is 0 Å². The Balaban J connectivity index is 1.36. The lowest BCUT2D eigenvalue weighted by molar-refractivity contribution is -0.148. The van der Waals surface area contributed by atoms with Crippen LogP contribution in [0.2, 0.25) is 0 Å². The molecule has 1 heterocycles. The number of hydrazone groups is 1. The van der Waals surface area contributed by atoms with Gasteiger partial charge in [0.25, 0.3) is 0 Å². The SMILES string of the molecule is CCOC(=O)NN=C(C)[C@@]12O[C@@H]1CC1C3CC=C4CC(OC(C)=O)CC[C@]4(C)C3CC[C@@]12C. The van der Waals surface area contributed by atoms with Crippen molar-refractivity contribution in [2.24, 2.45) is 33.7 Å². The van der Waals surface area contributed by atoms with Gasteiger partial charge in [0.05, 0.1) is 18.4 Å². The topological polar surface area (TPSA) is 89.5 Å². The van der Waals surface area contributed by atoms with Crippen molar-refractivity contribution in [2.75, 3.05) is 6.61 Å². The first-order chi connectivity index (χ1) is 15.7. The van der Waals surface area contributed by atoms with Crippen LogP contribution in [0.1, 0.15) is 79.6 Å². The van der Waals surface area contributed by atoms with Crippen LogP contribution in [-0.2, 0) is 19.0 Å². The predicted molar refractivity (Wildman–Crippen MR) is 124 cm³/mol. The maximum Gasteiger partial charge on any atom is 0.427 e. The second-order valence-electron chi connectivity index (χ2n) is 11.3. The molecular formula is C26H38N2O5. The highest BCUT2D eigenvalue weighted by atomic mass is 16.6. The van der Waals surface area contributed by atoms with E-state index in [4.69, 9.17) is 14.2 Å². The molecule has 7 heteroatoms. The van der Waals surface area contributed by atoms with E-state index in [9.17, 15) is 9.59 Å². The van der Waals surface area contributed by atoms with E-state index in [2.05, 4.69) is 30.5 Å². The summed E-state index contributed by atoms with van der Waals surface area (Å²) in [5.41, 5.74) is 4.79. The van der Waals surface area contributed by atoms with Crippen LogP contribution in [0.15, 0.2) is 16.8 Å². The first kappa shape index (κ1) is 22.9. The molecule has 7 nitrogen and oxygen atoms in total. The standard InChI is InChI=1S/C26H38N2O5/c1-6-31-23(30)28-27-15(2)26-22(33-26)14-21-19-8-7-17-13-18(32-16(3)29)9-11-24(17,4)20(19)10-12-25(21,26)5/h7,18-22H,6,8-14H2,1-5H3,(H,28,30)/t18?,19?,20?,21?,22-,24+,25+,26-/m1/s1. The number of carbonyl (C=O) groups excluding carboxylic acids is 2. The number of hydrogen-bond acceptors (Lipinski definition) is 6. The number of rotatable bonds is 4. The van der Waals surface area contributed by atoms with E-state index in [0.717, 1.165) is 44.2 Å². The number of fused-ring (bicyclic) bond motifs is 7. The van der Waals surface area contributed by atoms with Gasteiger partial charge in [0.1, 0.15) is 11.7 Å². The highest BCUT2D eigenvalue weighted by Crippen LogP contribution is 2.73. The van der Waals surface area contributed by atoms with Crippen molar-refractivity contribution in [2.45, 2.75) is 97.4 Å². The van der Waals surface area contributed by atoms with Crippen LogP contribution >= 0.6 is 0 Å². The van der Waals surface area contributed by atoms with Crippen molar-refractivity contribution in [1.29, 1.82) is 0 Å². The number of epoxide rings is 1. The molecule has 5 rings (SSSR count). The number of carbonyl (C=O) groups is 2. The lowest BCUT2D eigenvalue weighted by Crippen LogP contribution is -2.54. The van der Waals surface area contributed by atoms with Gasteiger partial charge in [0, 0.05) is 18.8 Å². The third-order valence-corrected chi connectivity index (χ3v) is 9.95. The monoisotopic (exact) mass is 458 g/mol. The Labute approximate surface area is 196 Å². The summed E-state index contributed by atoms with van der Waals surface area (Å²) >= 11 is 0. The molecule has 0 radical (unpaired) electrons. The minimum Gasteiger partial charge on any atom is -0.462 e. The molecule has 4 fully saturated rings. The minimum absolute atomic E-state index is 0.0272. The molecule has 3 saturated carbocycles. The number of nitrogens with zero attached hydrogens (tertiary/aromatic N) is 1. The van der Waals surface area contributed by atoms with E-state index < -0.39 is 6.09 Å². The van der Waals surface area contributed by atoms with Crippen molar-refractivity contribution in [3.8, 4) is 0 Å². The number of amides is 1. The summed E-state index contributed by atoms with van der Waals surface area (Å²) in [4.78, 5) is 23.3. The molecule has 0 spiro atoms. The summed E-state index contributed by atoms with van der Waals surface area (Å²) in [6.45, 7) is 10.5. The van der Waals surface area contributed by atoms with Gasteiger partial charge < -0.3 is 14.2 Å². The average molecular weight is 459 g/mol. The van der Waals surface area contributed by atoms with Gasteiger partial charge >= 0.3 is 12.1 Å². The van der Waals surface area contributed by atoms with Gasteiger partial charge in [0.2, 0.25) is 0 Å². The molecule has 0 bridgehead atoms. The number of esters is 1. The molecule has 182 valence electrons. The summed E-state index contributed by atoms with van der Waals surface area (Å²) in [6, 6.07) is 0. The summed E-state index contributed by atoms with van der Waals surface area (Å²) in [6.07, 6.45) is 9.59. The van der Waals surface area contributed by atoms with Crippen LogP contribution in [0.5, 0.6) is 0 Å². The number of allylic oxidation sites excluding steroid dienone is 1. The van der Waals surface area contributed by atoms with E-state index in [0.29, 0.717) is 24.4 Å². The van der Waals surface area contributed by atoms with Crippen LogP contribution in [0, 0.1) is 28.6 Å². The first-order valence-electron chi connectivity index (χ1n) is 12.7. The van der Waals surface area contributed by atoms with Gasteiger partial charge in [-0.3, -0.25) is 4.79 Å². The Hall–Kier alpha value is -1.89. The molecule has 1 saturated heterocycles. The summed E-state index contributed by atoms with van der Waals surface area (Å²) in [7, 11) is 0. The average Bonchev–Trinajstić information content (AvgIpc) is 3.44. The van der Waals surface area contributed by atoms with Crippen molar-refractivity contribution in [1.82, 2.24) is 5.43 Å². The maximum atomic E-state index is 11.8. The van der Waals surface area contributed by atoms with Crippen LogP contribution in [0.3, 0.4) is 0 Å². The Morgan fingerprint density at radius 3 is 2.73 bits per heavy atom. The van der Waals surface area contributed by atoms with Gasteiger partial charge in [-0.2, -0.15) is 5.10 Å². The third kappa shape index (κ3) is 3.28. The molecule has 33 heavy (non-hydrogen) atoms. The quantitative estimate of drug-likeness (QED) is 0.216. The molecule has 4 aliphatic carbocycles. The molecule has 0 aromatic carbocycles. The van der Waals surface area contributed by atoms with E-state index >= 15 is 0 Å². The van der Waals surface area contributed by atoms with Crippen molar-refractivity contribution >= 4 is 17.8 Å². The van der Waals surface area contributed by atoms with E-state index in [1.165, 1.54) is 18.9 Å². The fourth-order valence-corrected chi connectivity index (χ4v) is 8.42. The van der Waals surface area contributed by atoms with Gasteiger partial charge in [-0.25, -0.2) is 10.2 Å². The number of ether oxygens (including phenoxy) is 3. The molecular weight excluding hydrogens is 420 g/mol. The molecule has 1 N–H and O–H groups in total. The summed E-state index contributed by atoms with van der Waals surface area (Å²) in [5, 5.41) is 4.40. The minimum atomic E-state index is -0.518. The Morgan fingerprint density at radius 2 is 2.00 bits per heavy atom.